The number of carbonyl (C=O) groups is 1. The maximum Gasteiger partial charge on any atom is 0.335 e. The number of hydrogen-bond acceptors (Lipinski definition) is 5. The van der Waals surface area contributed by atoms with Crippen LogP contribution in [0.5, 0.6) is 17.4 Å². The van der Waals surface area contributed by atoms with Gasteiger partial charge in [0.2, 0.25) is 5.88 Å². The number of aromatic carboxylic acids is 1. The maximum absolute atomic E-state index is 11.0. The summed E-state index contributed by atoms with van der Waals surface area (Å²) in [5.74, 6) is 0.205. The molecule has 0 atom stereocenters. The van der Waals surface area contributed by atoms with E-state index < -0.39 is 5.97 Å². The number of carboxylic acid groups (broad SMARTS) is 1. The lowest BCUT2D eigenvalue weighted by Crippen LogP contribution is -2.22. The van der Waals surface area contributed by atoms with Gasteiger partial charge in [-0.1, -0.05) is 19.9 Å². The fourth-order valence-corrected chi connectivity index (χ4v) is 1.95. The Morgan fingerprint density at radius 3 is 2.74 bits per heavy atom. The molecule has 0 spiro atoms. The third-order valence-electron chi connectivity index (χ3n) is 3.17. The molecule has 0 unspecified atom stereocenters. The highest BCUT2D eigenvalue weighted by atomic mass is 16.5. The lowest BCUT2D eigenvalue weighted by atomic mass is 10.2. The lowest BCUT2D eigenvalue weighted by molar-refractivity contribution is 0.0696. The third-order valence-corrected chi connectivity index (χ3v) is 3.17. The molecule has 0 amide bonds. The number of nitrogens with zero attached hydrogens (tertiary/aromatic N) is 1. The number of rotatable bonds is 7. The molecule has 6 heteroatoms. The predicted octanol–water partition coefficient (Wildman–Crippen LogP) is 3.08. The van der Waals surface area contributed by atoms with E-state index in [4.69, 9.17) is 14.6 Å². The highest BCUT2D eigenvalue weighted by Gasteiger charge is 2.13. The van der Waals surface area contributed by atoms with Gasteiger partial charge in [-0.05, 0) is 24.3 Å². The van der Waals surface area contributed by atoms with E-state index in [1.807, 2.05) is 12.1 Å². The zero-order chi connectivity index (χ0) is 16.8. The van der Waals surface area contributed by atoms with Crippen LogP contribution in [-0.4, -0.2) is 29.2 Å². The molecule has 0 fully saturated rings. The number of methoxy groups -OCH3 is 1. The summed E-state index contributed by atoms with van der Waals surface area (Å²) < 4.78 is 11.0. The minimum atomic E-state index is -1.02. The Kier molecular flexibility index (Phi) is 5.54. The SMILES string of the molecule is COc1cc(C(=O)O)ccc1Oc1ncccc1CNC(C)C. The molecule has 2 rings (SSSR count). The second-order valence-corrected chi connectivity index (χ2v) is 5.28. The van der Waals surface area contributed by atoms with Gasteiger partial charge in [0.15, 0.2) is 11.5 Å². The van der Waals surface area contributed by atoms with Gasteiger partial charge in [-0.3, -0.25) is 0 Å². The molecule has 1 aromatic heterocycles. The van der Waals surface area contributed by atoms with Crippen molar-refractivity contribution >= 4 is 5.97 Å². The Bertz CT molecular complexity index is 686. The highest BCUT2D eigenvalue weighted by Crippen LogP contribution is 2.32. The molecule has 0 saturated carbocycles. The standard InChI is InChI=1S/C17H20N2O4/c1-11(2)19-10-13-5-4-8-18-16(13)23-14-7-6-12(17(20)21)9-15(14)22-3/h4-9,11,19H,10H2,1-3H3,(H,20,21). The van der Waals surface area contributed by atoms with Crippen molar-refractivity contribution in [3.05, 3.63) is 47.7 Å². The van der Waals surface area contributed by atoms with Crippen molar-refractivity contribution in [1.29, 1.82) is 0 Å². The molecule has 0 aliphatic carbocycles. The number of pyridine rings is 1. The van der Waals surface area contributed by atoms with Gasteiger partial charge in [-0.15, -0.1) is 0 Å². The van der Waals surface area contributed by atoms with Crippen molar-refractivity contribution in [2.75, 3.05) is 7.11 Å². The maximum atomic E-state index is 11.0. The molecular formula is C17H20N2O4. The summed E-state index contributed by atoms with van der Waals surface area (Å²) in [5.41, 5.74) is 1.04. The summed E-state index contributed by atoms with van der Waals surface area (Å²) in [5, 5.41) is 12.3. The van der Waals surface area contributed by atoms with Crippen molar-refractivity contribution in [3.8, 4) is 17.4 Å². The van der Waals surface area contributed by atoms with Gasteiger partial charge in [-0.2, -0.15) is 0 Å². The Morgan fingerprint density at radius 1 is 1.30 bits per heavy atom. The first-order valence-corrected chi connectivity index (χ1v) is 7.27. The van der Waals surface area contributed by atoms with Crippen LogP contribution in [0.15, 0.2) is 36.5 Å². The highest BCUT2D eigenvalue weighted by molar-refractivity contribution is 5.88. The molecule has 1 heterocycles. The summed E-state index contributed by atoms with van der Waals surface area (Å²) in [7, 11) is 1.47. The molecule has 0 aliphatic heterocycles. The average molecular weight is 316 g/mol. The molecule has 1 aromatic carbocycles. The molecule has 6 nitrogen and oxygen atoms in total. The van der Waals surface area contributed by atoms with Gasteiger partial charge in [0.1, 0.15) is 0 Å². The van der Waals surface area contributed by atoms with E-state index in [1.54, 1.807) is 12.3 Å². The van der Waals surface area contributed by atoms with Gasteiger partial charge in [0.25, 0.3) is 0 Å². The van der Waals surface area contributed by atoms with Crippen LogP contribution in [0, 0.1) is 0 Å². The van der Waals surface area contributed by atoms with Crippen LogP contribution in [0.1, 0.15) is 29.8 Å². The van der Waals surface area contributed by atoms with Crippen LogP contribution in [0.25, 0.3) is 0 Å². The number of hydrogen-bond donors (Lipinski definition) is 2. The molecule has 0 bridgehead atoms. The van der Waals surface area contributed by atoms with E-state index in [2.05, 4.69) is 24.1 Å². The number of ether oxygens (including phenoxy) is 2. The average Bonchev–Trinajstić information content (AvgIpc) is 2.54. The Balaban J connectivity index is 2.27. The molecule has 23 heavy (non-hydrogen) atoms. The fraction of sp³-hybridized carbons (Fsp3) is 0.294. The Labute approximate surface area is 135 Å². The van der Waals surface area contributed by atoms with Crippen LogP contribution < -0.4 is 14.8 Å². The number of carboxylic acids is 1. The van der Waals surface area contributed by atoms with Crippen LogP contribution in [0.3, 0.4) is 0 Å². The van der Waals surface area contributed by atoms with Gasteiger partial charge >= 0.3 is 5.97 Å². The Hall–Kier alpha value is -2.60. The summed E-state index contributed by atoms with van der Waals surface area (Å²) in [4.78, 5) is 15.3. The van der Waals surface area contributed by atoms with E-state index >= 15 is 0 Å². The van der Waals surface area contributed by atoms with Gasteiger partial charge < -0.3 is 19.9 Å². The predicted molar refractivity (Wildman–Crippen MR) is 86.2 cm³/mol. The first-order chi connectivity index (χ1) is 11.0. The summed E-state index contributed by atoms with van der Waals surface area (Å²) in [6.07, 6.45) is 1.65. The monoisotopic (exact) mass is 316 g/mol. The summed E-state index contributed by atoms with van der Waals surface area (Å²) in [6, 6.07) is 8.57. The number of benzene rings is 1. The quantitative estimate of drug-likeness (QED) is 0.817. The lowest BCUT2D eigenvalue weighted by Gasteiger charge is -2.14. The third kappa shape index (κ3) is 4.43. The van der Waals surface area contributed by atoms with Crippen LogP contribution in [0.2, 0.25) is 0 Å². The van der Waals surface area contributed by atoms with E-state index in [1.165, 1.54) is 19.2 Å². The minimum Gasteiger partial charge on any atom is -0.493 e. The first kappa shape index (κ1) is 16.8. The zero-order valence-electron chi connectivity index (χ0n) is 13.4. The van der Waals surface area contributed by atoms with Crippen LogP contribution >= 0.6 is 0 Å². The van der Waals surface area contributed by atoms with E-state index in [9.17, 15) is 4.79 Å². The van der Waals surface area contributed by atoms with Crippen molar-refractivity contribution in [1.82, 2.24) is 10.3 Å². The topological polar surface area (TPSA) is 80.7 Å². The van der Waals surface area contributed by atoms with Crippen LogP contribution in [-0.2, 0) is 6.54 Å². The molecule has 2 aromatic rings. The van der Waals surface area contributed by atoms with E-state index in [0.717, 1.165) is 5.56 Å². The molecule has 2 N–H and O–H groups in total. The second-order valence-electron chi connectivity index (χ2n) is 5.28. The zero-order valence-corrected chi connectivity index (χ0v) is 13.4. The van der Waals surface area contributed by atoms with Crippen molar-refractivity contribution < 1.29 is 19.4 Å². The second kappa shape index (κ2) is 7.60. The van der Waals surface area contributed by atoms with E-state index in [0.29, 0.717) is 30.0 Å². The van der Waals surface area contributed by atoms with Crippen LogP contribution in [0.4, 0.5) is 0 Å². The normalized spacial score (nSPS) is 10.6. The fourth-order valence-electron chi connectivity index (χ4n) is 1.95. The van der Waals surface area contributed by atoms with Crippen molar-refractivity contribution in [2.24, 2.45) is 0 Å². The summed E-state index contributed by atoms with van der Waals surface area (Å²) in [6.45, 7) is 4.74. The number of nitrogens with one attached hydrogen (secondary N) is 1. The Morgan fingerprint density at radius 2 is 2.09 bits per heavy atom. The first-order valence-electron chi connectivity index (χ1n) is 7.27. The smallest absolute Gasteiger partial charge is 0.335 e. The summed E-state index contributed by atoms with van der Waals surface area (Å²) >= 11 is 0. The molecule has 0 saturated heterocycles. The minimum absolute atomic E-state index is 0.136. The molecular weight excluding hydrogens is 296 g/mol. The number of aromatic nitrogens is 1. The van der Waals surface area contributed by atoms with E-state index in [-0.39, 0.29) is 5.56 Å². The largest absolute Gasteiger partial charge is 0.493 e. The van der Waals surface area contributed by atoms with Gasteiger partial charge in [0.05, 0.1) is 12.7 Å². The van der Waals surface area contributed by atoms with Gasteiger partial charge in [0, 0.05) is 24.3 Å². The van der Waals surface area contributed by atoms with Crippen molar-refractivity contribution in [2.45, 2.75) is 26.4 Å². The molecule has 0 aliphatic rings. The molecule has 0 radical (unpaired) electrons. The van der Waals surface area contributed by atoms with Gasteiger partial charge in [-0.25, -0.2) is 9.78 Å². The van der Waals surface area contributed by atoms with Crippen molar-refractivity contribution in [3.63, 3.8) is 0 Å². The molecule has 122 valence electrons.